The van der Waals surface area contributed by atoms with Gasteiger partial charge in [-0.05, 0) is 42.8 Å². The zero-order chi connectivity index (χ0) is 21.4. The number of rotatable bonds is 10. The molecule has 2 aromatic rings. The highest BCUT2D eigenvalue weighted by Crippen LogP contribution is 2.32. The summed E-state index contributed by atoms with van der Waals surface area (Å²) in [5.74, 6) is 1.12. The lowest BCUT2D eigenvalue weighted by Gasteiger charge is -2.18. The fourth-order valence-corrected chi connectivity index (χ4v) is 3.85. The highest BCUT2D eigenvalue weighted by Gasteiger charge is 2.19. The maximum absolute atomic E-state index is 12.4. The Labute approximate surface area is 180 Å². The number of carbonyl (C=O) groups is 1. The van der Waals surface area contributed by atoms with Crippen molar-refractivity contribution in [2.45, 2.75) is 17.7 Å². The van der Waals surface area contributed by atoms with Crippen molar-refractivity contribution >= 4 is 27.6 Å². The molecule has 0 atom stereocenters. The molecule has 1 heterocycles. The van der Waals surface area contributed by atoms with E-state index < -0.39 is 16.0 Å². The number of ether oxygens (including phenoxy) is 4. The first kappa shape index (κ1) is 22.2. The van der Waals surface area contributed by atoms with Crippen molar-refractivity contribution in [3.63, 3.8) is 0 Å². The van der Waals surface area contributed by atoms with Gasteiger partial charge >= 0.3 is 5.97 Å². The fraction of sp³-hybridized carbons (Fsp3) is 0.350. The van der Waals surface area contributed by atoms with Gasteiger partial charge in [-0.1, -0.05) is 11.6 Å². The van der Waals surface area contributed by atoms with Gasteiger partial charge in [-0.15, -0.1) is 0 Å². The molecule has 8 nitrogen and oxygen atoms in total. The molecule has 0 amide bonds. The summed E-state index contributed by atoms with van der Waals surface area (Å²) in [5.41, 5.74) is 0. The Bertz CT molecular complexity index is 964. The third-order valence-electron chi connectivity index (χ3n) is 4.10. The number of carbonyl (C=O) groups excluding carboxylic acids is 1. The molecule has 1 aliphatic rings. The van der Waals surface area contributed by atoms with E-state index in [0.29, 0.717) is 41.9 Å². The minimum atomic E-state index is -3.71. The zero-order valence-electron chi connectivity index (χ0n) is 16.1. The molecule has 0 spiro atoms. The quantitative estimate of drug-likeness (QED) is 0.434. The zero-order valence-corrected chi connectivity index (χ0v) is 17.7. The highest BCUT2D eigenvalue weighted by molar-refractivity contribution is 7.89. The van der Waals surface area contributed by atoms with Crippen molar-refractivity contribution < 1.29 is 32.2 Å². The minimum Gasteiger partial charge on any atom is -0.490 e. The molecular formula is C20H22ClNO7S. The van der Waals surface area contributed by atoms with Crippen LogP contribution in [-0.4, -0.2) is 47.4 Å². The lowest BCUT2D eigenvalue weighted by Crippen LogP contribution is -2.26. The van der Waals surface area contributed by atoms with Gasteiger partial charge in [0.05, 0.1) is 4.90 Å². The van der Waals surface area contributed by atoms with Crippen LogP contribution >= 0.6 is 11.6 Å². The number of fused-ring (bicyclic) bond motifs is 1. The van der Waals surface area contributed by atoms with Crippen molar-refractivity contribution in [1.82, 2.24) is 4.72 Å². The number of halogens is 1. The second-order valence-corrected chi connectivity index (χ2v) is 8.53. The van der Waals surface area contributed by atoms with Crippen molar-refractivity contribution in [3.8, 4) is 17.2 Å². The molecule has 0 aliphatic carbocycles. The van der Waals surface area contributed by atoms with E-state index in [4.69, 9.17) is 30.5 Å². The summed E-state index contributed by atoms with van der Waals surface area (Å²) in [6.07, 6.45) is 0.394. The van der Waals surface area contributed by atoms with Crippen LogP contribution in [-0.2, 0) is 19.6 Å². The number of benzene rings is 2. The van der Waals surface area contributed by atoms with Crippen LogP contribution in [0, 0.1) is 0 Å². The van der Waals surface area contributed by atoms with Crippen molar-refractivity contribution in [3.05, 3.63) is 47.5 Å². The maximum atomic E-state index is 12.4. The first-order valence-corrected chi connectivity index (χ1v) is 11.2. The third kappa shape index (κ3) is 6.51. The van der Waals surface area contributed by atoms with E-state index in [2.05, 4.69) is 4.72 Å². The number of nitrogens with one attached hydrogen (secondary N) is 1. The van der Waals surface area contributed by atoms with Crippen LogP contribution in [0.25, 0.3) is 0 Å². The molecule has 2 aromatic carbocycles. The highest BCUT2D eigenvalue weighted by atomic mass is 35.5. The molecule has 1 N–H and O–H groups in total. The Kier molecular flexibility index (Phi) is 7.78. The average molecular weight is 456 g/mol. The lowest BCUT2D eigenvalue weighted by molar-refractivity contribution is -0.144. The lowest BCUT2D eigenvalue weighted by atomic mass is 10.3. The largest absolute Gasteiger partial charge is 0.490 e. The van der Waals surface area contributed by atoms with E-state index in [1.54, 1.807) is 30.3 Å². The van der Waals surface area contributed by atoms with Crippen molar-refractivity contribution in [1.29, 1.82) is 0 Å². The van der Waals surface area contributed by atoms with E-state index in [1.165, 1.54) is 12.1 Å². The van der Waals surface area contributed by atoms with E-state index >= 15 is 0 Å². The standard InChI is InChI=1S/C20H22ClNO7S/c21-15-3-5-16(6-4-15)26-10-13-29-20(23)2-1-9-22-30(24,25)17-7-8-18-19(14-17)28-12-11-27-18/h3-8,14,22H,1-2,9-13H2. The smallest absolute Gasteiger partial charge is 0.305 e. The second-order valence-electron chi connectivity index (χ2n) is 6.33. The number of hydrogen-bond donors (Lipinski definition) is 1. The van der Waals surface area contributed by atoms with Gasteiger partial charge in [0.2, 0.25) is 10.0 Å². The van der Waals surface area contributed by atoms with Crippen molar-refractivity contribution in [2.24, 2.45) is 0 Å². The van der Waals surface area contributed by atoms with E-state index in [0.717, 1.165) is 0 Å². The predicted molar refractivity (Wildman–Crippen MR) is 110 cm³/mol. The van der Waals surface area contributed by atoms with E-state index in [1.807, 2.05) is 0 Å². The molecule has 0 bridgehead atoms. The van der Waals surface area contributed by atoms with Gasteiger partial charge in [0.25, 0.3) is 0 Å². The monoisotopic (exact) mass is 455 g/mol. The summed E-state index contributed by atoms with van der Waals surface area (Å²) in [4.78, 5) is 11.8. The molecule has 3 rings (SSSR count). The first-order valence-electron chi connectivity index (χ1n) is 9.37. The average Bonchev–Trinajstić information content (AvgIpc) is 2.75. The third-order valence-corrected chi connectivity index (χ3v) is 5.81. The van der Waals surface area contributed by atoms with Gasteiger partial charge < -0.3 is 18.9 Å². The molecule has 1 aliphatic heterocycles. The normalized spacial score (nSPS) is 13.0. The van der Waals surface area contributed by atoms with Crippen LogP contribution in [0.1, 0.15) is 12.8 Å². The Morgan fingerprint density at radius 2 is 1.77 bits per heavy atom. The molecular weight excluding hydrogens is 434 g/mol. The van der Waals surface area contributed by atoms with Gasteiger partial charge in [-0.3, -0.25) is 4.79 Å². The summed E-state index contributed by atoms with van der Waals surface area (Å²) in [6.45, 7) is 1.22. The number of hydrogen-bond acceptors (Lipinski definition) is 7. The first-order chi connectivity index (χ1) is 14.4. The Hall–Kier alpha value is -2.49. The molecule has 0 unspecified atom stereocenters. The summed E-state index contributed by atoms with van der Waals surface area (Å²) in [6, 6.07) is 11.3. The number of sulfonamides is 1. The van der Waals surface area contributed by atoms with E-state index in [9.17, 15) is 13.2 Å². The molecule has 30 heavy (non-hydrogen) atoms. The van der Waals surface area contributed by atoms with Gasteiger partial charge in [-0.25, -0.2) is 13.1 Å². The van der Waals surface area contributed by atoms with Gasteiger partial charge in [0.15, 0.2) is 11.5 Å². The van der Waals surface area contributed by atoms with Crippen LogP contribution in [0.2, 0.25) is 5.02 Å². The molecule has 0 radical (unpaired) electrons. The van der Waals surface area contributed by atoms with Crippen LogP contribution < -0.4 is 18.9 Å². The number of esters is 1. The van der Waals surface area contributed by atoms with Crippen molar-refractivity contribution in [2.75, 3.05) is 33.0 Å². The predicted octanol–water partition coefficient (Wildman–Crippen LogP) is 2.79. The summed E-state index contributed by atoms with van der Waals surface area (Å²) >= 11 is 5.79. The van der Waals surface area contributed by atoms with Gasteiger partial charge in [0, 0.05) is 24.1 Å². The van der Waals surface area contributed by atoms with Gasteiger partial charge in [-0.2, -0.15) is 0 Å². The van der Waals surface area contributed by atoms with Gasteiger partial charge in [0.1, 0.15) is 32.2 Å². The second kappa shape index (κ2) is 10.5. The van der Waals surface area contributed by atoms with Crippen LogP contribution in [0.4, 0.5) is 0 Å². The van der Waals surface area contributed by atoms with Crippen LogP contribution in [0.5, 0.6) is 17.2 Å². The SMILES string of the molecule is O=C(CCCNS(=O)(=O)c1ccc2c(c1)OCCO2)OCCOc1ccc(Cl)cc1. The summed E-state index contributed by atoms with van der Waals surface area (Å²) in [5, 5.41) is 0.610. The molecule has 162 valence electrons. The van der Waals surface area contributed by atoms with Crippen LogP contribution in [0.15, 0.2) is 47.4 Å². The maximum Gasteiger partial charge on any atom is 0.305 e. The van der Waals surface area contributed by atoms with Crippen LogP contribution in [0.3, 0.4) is 0 Å². The summed E-state index contributed by atoms with van der Waals surface area (Å²) < 4.78 is 48.5. The topological polar surface area (TPSA) is 100 Å². The molecule has 10 heteroatoms. The molecule has 0 aromatic heterocycles. The Balaban J connectivity index is 1.33. The molecule has 0 saturated carbocycles. The Morgan fingerprint density at radius 3 is 2.53 bits per heavy atom. The van der Waals surface area contributed by atoms with E-state index in [-0.39, 0.29) is 31.1 Å². The minimum absolute atomic E-state index is 0.0775. The Morgan fingerprint density at radius 1 is 1.03 bits per heavy atom. The summed E-state index contributed by atoms with van der Waals surface area (Å²) in [7, 11) is -3.71. The molecule has 0 fully saturated rings. The molecule has 0 saturated heterocycles. The fourth-order valence-electron chi connectivity index (χ4n) is 2.63.